The third kappa shape index (κ3) is 2.61. The molecule has 0 heterocycles. The van der Waals surface area contributed by atoms with E-state index in [4.69, 9.17) is 0 Å². The van der Waals surface area contributed by atoms with E-state index in [9.17, 15) is 0 Å². The van der Waals surface area contributed by atoms with E-state index >= 15 is 0 Å². The molecular formula is C15H19N. The Morgan fingerprint density at radius 3 is 2.56 bits per heavy atom. The molecule has 0 spiro atoms. The van der Waals surface area contributed by atoms with Gasteiger partial charge in [0, 0.05) is 6.04 Å². The van der Waals surface area contributed by atoms with Crippen LogP contribution in [0.5, 0.6) is 0 Å². The average molecular weight is 213 g/mol. The molecule has 0 unspecified atom stereocenters. The van der Waals surface area contributed by atoms with Crippen molar-refractivity contribution in [2.45, 2.75) is 26.3 Å². The van der Waals surface area contributed by atoms with E-state index in [1.807, 2.05) is 0 Å². The van der Waals surface area contributed by atoms with E-state index in [-0.39, 0.29) is 0 Å². The van der Waals surface area contributed by atoms with Gasteiger partial charge < -0.3 is 5.32 Å². The second-order valence-corrected chi connectivity index (χ2v) is 4.50. The molecule has 0 bridgehead atoms. The summed E-state index contributed by atoms with van der Waals surface area (Å²) in [5, 5.41) is 6.18. The van der Waals surface area contributed by atoms with E-state index < -0.39 is 0 Å². The number of fused-ring (bicyclic) bond motifs is 1. The molecule has 2 aromatic carbocycles. The average Bonchev–Trinajstić information content (AvgIpc) is 2.29. The summed E-state index contributed by atoms with van der Waals surface area (Å²) in [6.45, 7) is 5.41. The highest BCUT2D eigenvalue weighted by atomic mass is 14.9. The van der Waals surface area contributed by atoms with Gasteiger partial charge in [-0.15, -0.1) is 0 Å². The fourth-order valence-corrected chi connectivity index (χ4v) is 2.01. The van der Waals surface area contributed by atoms with Crippen molar-refractivity contribution in [2.75, 3.05) is 6.54 Å². The highest BCUT2D eigenvalue weighted by Crippen LogP contribution is 2.18. The lowest BCUT2D eigenvalue weighted by atomic mass is 10.0. The van der Waals surface area contributed by atoms with Crippen molar-refractivity contribution in [1.29, 1.82) is 0 Å². The van der Waals surface area contributed by atoms with Crippen LogP contribution in [0, 0.1) is 0 Å². The van der Waals surface area contributed by atoms with E-state index in [0.717, 1.165) is 13.0 Å². The number of benzene rings is 2. The quantitative estimate of drug-likeness (QED) is 0.821. The minimum Gasteiger partial charge on any atom is -0.314 e. The van der Waals surface area contributed by atoms with Crippen molar-refractivity contribution in [2.24, 2.45) is 0 Å². The Bertz CT molecular complexity index is 454. The van der Waals surface area contributed by atoms with Crippen LogP contribution in [0.3, 0.4) is 0 Å². The van der Waals surface area contributed by atoms with E-state index in [0.29, 0.717) is 6.04 Å². The summed E-state index contributed by atoms with van der Waals surface area (Å²) in [6, 6.07) is 15.7. The van der Waals surface area contributed by atoms with Gasteiger partial charge in [0.25, 0.3) is 0 Å². The van der Waals surface area contributed by atoms with Crippen LogP contribution in [0.4, 0.5) is 0 Å². The largest absolute Gasteiger partial charge is 0.314 e. The minimum absolute atomic E-state index is 0.565. The number of hydrogen-bond donors (Lipinski definition) is 1. The Morgan fingerprint density at radius 2 is 1.75 bits per heavy atom. The van der Waals surface area contributed by atoms with Gasteiger partial charge in [-0.2, -0.15) is 0 Å². The smallest absolute Gasteiger partial charge is 0.00105 e. The summed E-state index contributed by atoms with van der Waals surface area (Å²) >= 11 is 0. The van der Waals surface area contributed by atoms with Crippen molar-refractivity contribution in [1.82, 2.24) is 5.32 Å². The second kappa shape index (κ2) is 5.13. The molecule has 0 fully saturated rings. The third-order valence-corrected chi connectivity index (χ3v) is 2.83. The van der Waals surface area contributed by atoms with Crippen molar-refractivity contribution >= 4 is 10.8 Å². The van der Waals surface area contributed by atoms with E-state index in [2.05, 4.69) is 61.6 Å². The first kappa shape index (κ1) is 11.2. The van der Waals surface area contributed by atoms with Gasteiger partial charge >= 0.3 is 0 Å². The van der Waals surface area contributed by atoms with Gasteiger partial charge in [0.05, 0.1) is 0 Å². The molecule has 0 aromatic heterocycles. The van der Waals surface area contributed by atoms with Gasteiger partial charge in [-0.05, 0) is 29.3 Å². The first-order chi connectivity index (χ1) is 7.77. The monoisotopic (exact) mass is 213 g/mol. The van der Waals surface area contributed by atoms with E-state index in [1.165, 1.54) is 16.3 Å². The van der Waals surface area contributed by atoms with Crippen LogP contribution in [0.1, 0.15) is 19.4 Å². The number of nitrogens with one attached hydrogen (secondary N) is 1. The lowest BCUT2D eigenvalue weighted by Crippen LogP contribution is -2.24. The van der Waals surface area contributed by atoms with Crippen LogP contribution < -0.4 is 5.32 Å². The Labute approximate surface area is 97.5 Å². The van der Waals surface area contributed by atoms with Crippen molar-refractivity contribution < 1.29 is 0 Å². The zero-order valence-electron chi connectivity index (χ0n) is 10.0. The first-order valence-corrected chi connectivity index (χ1v) is 5.97. The molecule has 0 aliphatic heterocycles. The third-order valence-electron chi connectivity index (χ3n) is 2.83. The van der Waals surface area contributed by atoms with E-state index in [1.54, 1.807) is 0 Å². The maximum atomic E-state index is 3.46. The van der Waals surface area contributed by atoms with Gasteiger partial charge in [-0.1, -0.05) is 56.3 Å². The SMILES string of the molecule is CC(C)NCCc1cccc2ccccc12. The maximum Gasteiger partial charge on any atom is 0.00105 e. The molecule has 0 radical (unpaired) electrons. The lowest BCUT2D eigenvalue weighted by Gasteiger charge is -2.09. The molecule has 2 aromatic rings. The molecule has 84 valence electrons. The summed E-state index contributed by atoms with van der Waals surface area (Å²) in [6.07, 6.45) is 1.10. The Balaban J connectivity index is 2.17. The molecule has 0 saturated carbocycles. The molecule has 0 aliphatic carbocycles. The first-order valence-electron chi connectivity index (χ1n) is 5.97. The molecule has 0 amide bonds. The molecule has 0 saturated heterocycles. The highest BCUT2D eigenvalue weighted by Gasteiger charge is 2.00. The second-order valence-electron chi connectivity index (χ2n) is 4.50. The van der Waals surface area contributed by atoms with Gasteiger partial charge in [-0.25, -0.2) is 0 Å². The predicted molar refractivity (Wildman–Crippen MR) is 70.8 cm³/mol. The Morgan fingerprint density at radius 1 is 1.00 bits per heavy atom. The molecule has 0 atom stereocenters. The molecular weight excluding hydrogens is 194 g/mol. The van der Waals surface area contributed by atoms with Gasteiger partial charge in [-0.3, -0.25) is 0 Å². The summed E-state index contributed by atoms with van der Waals surface area (Å²) in [4.78, 5) is 0. The lowest BCUT2D eigenvalue weighted by molar-refractivity contribution is 0.591. The summed E-state index contributed by atoms with van der Waals surface area (Å²) < 4.78 is 0. The molecule has 16 heavy (non-hydrogen) atoms. The van der Waals surface area contributed by atoms with Gasteiger partial charge in [0.1, 0.15) is 0 Å². The summed E-state index contributed by atoms with van der Waals surface area (Å²) in [5.41, 5.74) is 1.44. The normalized spacial score (nSPS) is 11.2. The van der Waals surface area contributed by atoms with Crippen LogP contribution in [0.25, 0.3) is 10.8 Å². The number of rotatable bonds is 4. The zero-order valence-corrected chi connectivity index (χ0v) is 10.0. The van der Waals surface area contributed by atoms with Gasteiger partial charge in [0.2, 0.25) is 0 Å². The fraction of sp³-hybridized carbons (Fsp3) is 0.333. The van der Waals surface area contributed by atoms with Crippen LogP contribution in [-0.4, -0.2) is 12.6 Å². The van der Waals surface area contributed by atoms with Crippen LogP contribution in [0.2, 0.25) is 0 Å². The fourth-order valence-electron chi connectivity index (χ4n) is 2.01. The molecule has 1 N–H and O–H groups in total. The highest BCUT2D eigenvalue weighted by molar-refractivity contribution is 5.85. The predicted octanol–water partition coefficient (Wildman–Crippen LogP) is 3.38. The van der Waals surface area contributed by atoms with Crippen molar-refractivity contribution in [3.05, 3.63) is 48.0 Å². The maximum absolute atomic E-state index is 3.46. The van der Waals surface area contributed by atoms with Crippen LogP contribution in [0.15, 0.2) is 42.5 Å². The Hall–Kier alpha value is -1.34. The van der Waals surface area contributed by atoms with Gasteiger partial charge in [0.15, 0.2) is 0 Å². The summed E-state index contributed by atoms with van der Waals surface area (Å²) in [5.74, 6) is 0. The van der Waals surface area contributed by atoms with Crippen molar-refractivity contribution in [3.63, 3.8) is 0 Å². The molecule has 1 heteroatoms. The Kier molecular flexibility index (Phi) is 3.58. The molecule has 1 nitrogen and oxygen atoms in total. The van der Waals surface area contributed by atoms with Crippen LogP contribution in [-0.2, 0) is 6.42 Å². The minimum atomic E-state index is 0.565. The van der Waals surface area contributed by atoms with Crippen LogP contribution >= 0.6 is 0 Å². The summed E-state index contributed by atoms with van der Waals surface area (Å²) in [7, 11) is 0. The molecule has 2 rings (SSSR count). The zero-order chi connectivity index (χ0) is 11.4. The number of hydrogen-bond acceptors (Lipinski definition) is 1. The topological polar surface area (TPSA) is 12.0 Å². The van der Waals surface area contributed by atoms with Crippen molar-refractivity contribution in [3.8, 4) is 0 Å². The molecule has 0 aliphatic rings. The standard InChI is InChI=1S/C15H19N/c1-12(2)16-11-10-14-8-5-7-13-6-3-4-9-15(13)14/h3-9,12,16H,10-11H2,1-2H3.